The SMILES string of the molecule is Cc1cccc(NC(=O)CN2CCN(C(=O)c3ccc4ccccc4c3)CC2)c1C. The minimum absolute atomic E-state index is 0.0157. The summed E-state index contributed by atoms with van der Waals surface area (Å²) in [5, 5.41) is 5.22. The molecule has 0 spiro atoms. The fourth-order valence-corrected chi connectivity index (χ4v) is 3.89. The van der Waals surface area contributed by atoms with E-state index in [1.54, 1.807) is 0 Å². The van der Waals surface area contributed by atoms with Crippen molar-refractivity contribution >= 4 is 28.3 Å². The third-order valence-corrected chi connectivity index (χ3v) is 5.90. The Morgan fingerprint density at radius 1 is 0.867 bits per heavy atom. The van der Waals surface area contributed by atoms with E-state index in [2.05, 4.69) is 10.2 Å². The molecule has 2 amide bonds. The first-order valence-electron chi connectivity index (χ1n) is 10.4. The average Bonchev–Trinajstić information content (AvgIpc) is 2.76. The van der Waals surface area contributed by atoms with Gasteiger partial charge in [-0.2, -0.15) is 0 Å². The van der Waals surface area contributed by atoms with Crippen molar-refractivity contribution in [2.24, 2.45) is 0 Å². The maximum atomic E-state index is 12.9. The Hall–Kier alpha value is -3.18. The summed E-state index contributed by atoms with van der Waals surface area (Å²) in [5.74, 6) is 0.0400. The van der Waals surface area contributed by atoms with Crippen LogP contribution in [-0.4, -0.2) is 54.3 Å². The number of hydrogen-bond acceptors (Lipinski definition) is 3. The van der Waals surface area contributed by atoms with Crippen LogP contribution < -0.4 is 5.32 Å². The second-order valence-electron chi connectivity index (χ2n) is 7.93. The highest BCUT2D eigenvalue weighted by atomic mass is 16.2. The van der Waals surface area contributed by atoms with Crippen molar-refractivity contribution in [1.29, 1.82) is 0 Å². The molecule has 0 radical (unpaired) electrons. The van der Waals surface area contributed by atoms with E-state index < -0.39 is 0 Å². The van der Waals surface area contributed by atoms with Crippen LogP contribution in [0.4, 0.5) is 5.69 Å². The van der Waals surface area contributed by atoms with E-state index >= 15 is 0 Å². The maximum absolute atomic E-state index is 12.9. The van der Waals surface area contributed by atoms with Gasteiger partial charge in [0.05, 0.1) is 6.54 Å². The maximum Gasteiger partial charge on any atom is 0.253 e. The van der Waals surface area contributed by atoms with Crippen LogP contribution in [0.2, 0.25) is 0 Å². The molecule has 4 rings (SSSR count). The van der Waals surface area contributed by atoms with Gasteiger partial charge >= 0.3 is 0 Å². The first-order valence-corrected chi connectivity index (χ1v) is 10.4. The molecule has 3 aromatic rings. The third-order valence-electron chi connectivity index (χ3n) is 5.90. The molecule has 1 fully saturated rings. The molecule has 0 bridgehead atoms. The molecule has 1 N–H and O–H groups in total. The Kier molecular flexibility index (Phi) is 5.81. The van der Waals surface area contributed by atoms with Crippen LogP contribution in [0.25, 0.3) is 10.8 Å². The predicted octanol–water partition coefficient (Wildman–Crippen LogP) is 3.85. The molecular formula is C25H27N3O2. The van der Waals surface area contributed by atoms with E-state index in [9.17, 15) is 9.59 Å². The number of piperazine rings is 1. The zero-order valence-electron chi connectivity index (χ0n) is 17.5. The van der Waals surface area contributed by atoms with E-state index in [1.165, 1.54) is 0 Å². The van der Waals surface area contributed by atoms with Gasteiger partial charge in [-0.15, -0.1) is 0 Å². The lowest BCUT2D eigenvalue weighted by molar-refractivity contribution is -0.117. The molecular weight excluding hydrogens is 374 g/mol. The number of anilines is 1. The van der Waals surface area contributed by atoms with Crippen LogP contribution in [0, 0.1) is 13.8 Å². The number of hydrogen-bond donors (Lipinski definition) is 1. The van der Waals surface area contributed by atoms with Crippen LogP contribution in [0.15, 0.2) is 60.7 Å². The molecule has 3 aromatic carbocycles. The van der Waals surface area contributed by atoms with Crippen molar-refractivity contribution < 1.29 is 9.59 Å². The van der Waals surface area contributed by atoms with E-state index in [0.29, 0.717) is 32.7 Å². The molecule has 30 heavy (non-hydrogen) atoms. The highest BCUT2D eigenvalue weighted by Gasteiger charge is 2.23. The molecule has 154 valence electrons. The van der Waals surface area contributed by atoms with Gasteiger partial charge in [0.1, 0.15) is 0 Å². The van der Waals surface area contributed by atoms with Gasteiger partial charge < -0.3 is 10.2 Å². The fraction of sp³-hybridized carbons (Fsp3) is 0.280. The first kappa shape index (κ1) is 20.1. The number of nitrogens with zero attached hydrogens (tertiary/aromatic N) is 2. The van der Waals surface area contributed by atoms with Crippen LogP contribution in [0.1, 0.15) is 21.5 Å². The van der Waals surface area contributed by atoms with Gasteiger partial charge in [0.2, 0.25) is 5.91 Å². The number of benzene rings is 3. The largest absolute Gasteiger partial charge is 0.336 e. The second kappa shape index (κ2) is 8.67. The van der Waals surface area contributed by atoms with E-state index in [4.69, 9.17) is 0 Å². The molecule has 0 aliphatic carbocycles. The Morgan fingerprint density at radius 3 is 2.37 bits per heavy atom. The number of carbonyl (C=O) groups excluding carboxylic acids is 2. The minimum atomic E-state index is -0.0157. The summed E-state index contributed by atoms with van der Waals surface area (Å²) in [4.78, 5) is 29.4. The molecule has 0 aromatic heterocycles. The first-order chi connectivity index (χ1) is 14.5. The quantitative estimate of drug-likeness (QED) is 0.722. The summed E-state index contributed by atoms with van der Waals surface area (Å²) >= 11 is 0. The lowest BCUT2D eigenvalue weighted by Gasteiger charge is -2.34. The van der Waals surface area contributed by atoms with Gasteiger partial charge in [-0.05, 0) is 53.9 Å². The highest BCUT2D eigenvalue weighted by molar-refractivity contribution is 5.98. The lowest BCUT2D eigenvalue weighted by Crippen LogP contribution is -2.50. The van der Waals surface area contributed by atoms with Gasteiger partial charge in [-0.1, -0.05) is 42.5 Å². The van der Waals surface area contributed by atoms with E-state index in [1.807, 2.05) is 79.4 Å². The zero-order valence-corrected chi connectivity index (χ0v) is 17.5. The monoisotopic (exact) mass is 401 g/mol. The summed E-state index contributed by atoms with van der Waals surface area (Å²) in [5.41, 5.74) is 3.84. The van der Waals surface area contributed by atoms with Gasteiger partial charge in [-0.3, -0.25) is 14.5 Å². The van der Waals surface area contributed by atoms with E-state index in [0.717, 1.165) is 33.2 Å². The zero-order chi connectivity index (χ0) is 21.1. The van der Waals surface area contributed by atoms with Crippen LogP contribution >= 0.6 is 0 Å². The summed E-state index contributed by atoms with van der Waals surface area (Å²) in [6.45, 7) is 7.04. The molecule has 0 atom stereocenters. The molecule has 5 nitrogen and oxygen atoms in total. The molecule has 0 unspecified atom stereocenters. The van der Waals surface area contributed by atoms with Crippen LogP contribution in [-0.2, 0) is 4.79 Å². The van der Waals surface area contributed by atoms with Crippen molar-refractivity contribution in [3.63, 3.8) is 0 Å². The number of carbonyl (C=O) groups is 2. The van der Waals surface area contributed by atoms with Gasteiger partial charge in [0.15, 0.2) is 0 Å². The molecule has 0 saturated carbocycles. The smallest absolute Gasteiger partial charge is 0.253 e. The summed E-state index contributed by atoms with van der Waals surface area (Å²) in [7, 11) is 0. The number of fused-ring (bicyclic) bond motifs is 1. The van der Waals surface area contributed by atoms with Gasteiger partial charge in [-0.25, -0.2) is 0 Å². The molecule has 1 aliphatic rings. The normalized spacial score (nSPS) is 14.7. The number of amides is 2. The highest BCUT2D eigenvalue weighted by Crippen LogP contribution is 2.19. The Bertz CT molecular complexity index is 1080. The van der Waals surface area contributed by atoms with Gasteiger partial charge in [0, 0.05) is 37.4 Å². The molecule has 5 heteroatoms. The lowest BCUT2D eigenvalue weighted by atomic mass is 10.1. The molecule has 1 saturated heterocycles. The van der Waals surface area contributed by atoms with Crippen molar-refractivity contribution in [3.8, 4) is 0 Å². The molecule has 1 aliphatic heterocycles. The van der Waals surface area contributed by atoms with Crippen molar-refractivity contribution in [2.45, 2.75) is 13.8 Å². The van der Waals surface area contributed by atoms with Crippen molar-refractivity contribution in [1.82, 2.24) is 9.80 Å². The third kappa shape index (κ3) is 4.36. The summed E-state index contributed by atoms with van der Waals surface area (Å²) in [6, 6.07) is 19.8. The standard InChI is InChI=1S/C25H27N3O2/c1-18-6-5-9-23(19(18)2)26-24(29)17-27-12-14-28(15-13-27)25(30)22-11-10-20-7-3-4-8-21(20)16-22/h3-11,16H,12-15,17H2,1-2H3,(H,26,29). The Balaban J connectivity index is 1.32. The second-order valence-corrected chi connectivity index (χ2v) is 7.93. The number of rotatable bonds is 4. The predicted molar refractivity (Wildman–Crippen MR) is 121 cm³/mol. The van der Waals surface area contributed by atoms with Gasteiger partial charge in [0.25, 0.3) is 5.91 Å². The van der Waals surface area contributed by atoms with Crippen LogP contribution in [0.3, 0.4) is 0 Å². The average molecular weight is 402 g/mol. The van der Waals surface area contributed by atoms with Crippen molar-refractivity contribution in [2.75, 3.05) is 38.0 Å². The minimum Gasteiger partial charge on any atom is -0.336 e. The number of aryl methyl sites for hydroxylation is 1. The van der Waals surface area contributed by atoms with Crippen molar-refractivity contribution in [3.05, 3.63) is 77.4 Å². The number of nitrogens with one attached hydrogen (secondary N) is 1. The Labute approximate surface area is 177 Å². The molecule has 1 heterocycles. The Morgan fingerprint density at radius 2 is 1.60 bits per heavy atom. The summed E-state index contributed by atoms with van der Waals surface area (Å²) in [6.07, 6.45) is 0. The van der Waals surface area contributed by atoms with E-state index in [-0.39, 0.29) is 11.8 Å². The fourth-order valence-electron chi connectivity index (χ4n) is 3.89. The topological polar surface area (TPSA) is 52.7 Å². The summed E-state index contributed by atoms with van der Waals surface area (Å²) < 4.78 is 0. The van der Waals surface area contributed by atoms with Crippen LogP contribution in [0.5, 0.6) is 0 Å².